The van der Waals surface area contributed by atoms with Gasteiger partial charge in [0.1, 0.15) is 9.22 Å². The Morgan fingerprint density at radius 1 is 1.22 bits per heavy atom. The predicted molar refractivity (Wildman–Crippen MR) is 148 cm³/mol. The molecule has 1 saturated heterocycles. The summed E-state index contributed by atoms with van der Waals surface area (Å²) >= 11 is 2.91. The van der Waals surface area contributed by atoms with Crippen LogP contribution in [0.25, 0.3) is 21.6 Å². The number of fused-ring (bicyclic) bond motifs is 1. The van der Waals surface area contributed by atoms with E-state index in [9.17, 15) is 13.5 Å². The number of anilines is 1. The van der Waals surface area contributed by atoms with Crippen LogP contribution in [0.5, 0.6) is 0 Å². The molecular weight excluding hydrogens is 513 g/mol. The molecule has 2 N–H and O–H groups in total. The fourth-order valence-electron chi connectivity index (χ4n) is 4.97. The third-order valence-electron chi connectivity index (χ3n) is 6.76. The Kier molecular flexibility index (Phi) is 7.50. The lowest BCUT2D eigenvalue weighted by Gasteiger charge is -2.31. The molecule has 0 unspecified atom stereocenters. The number of aliphatic hydroxyl groups excluding tert-OH is 1. The monoisotopic (exact) mass is 544 g/mol. The smallest absolute Gasteiger partial charge is 0.274 e. The number of nitrogens with zero attached hydrogens (tertiary/aromatic N) is 3. The minimum Gasteiger partial charge on any atom is -0.396 e. The number of aromatic nitrogens is 2. The van der Waals surface area contributed by atoms with Crippen molar-refractivity contribution in [2.75, 3.05) is 24.0 Å². The maximum atomic E-state index is 13.5. The lowest BCUT2D eigenvalue weighted by Crippen LogP contribution is -2.36. The molecule has 0 saturated carbocycles. The summed E-state index contributed by atoms with van der Waals surface area (Å²) in [5.41, 5.74) is 2.33. The van der Waals surface area contributed by atoms with E-state index in [1.807, 2.05) is 38.2 Å². The SMILES string of the molecule is CC(C)N(c1cccc2cc(-c3ncc(CN4CCC(CCO)CC4)s3)[nH]c12)S(=O)(=O)c1cccs1. The van der Waals surface area contributed by atoms with Crippen molar-refractivity contribution in [1.29, 1.82) is 0 Å². The highest BCUT2D eigenvalue weighted by atomic mass is 32.2. The van der Waals surface area contributed by atoms with Gasteiger partial charge in [-0.1, -0.05) is 18.2 Å². The Bertz CT molecular complexity index is 1400. The van der Waals surface area contributed by atoms with E-state index < -0.39 is 10.0 Å². The number of H-pyrrole nitrogens is 1. The highest BCUT2D eigenvalue weighted by Crippen LogP contribution is 2.36. The number of piperidine rings is 1. The Hall–Kier alpha value is -2.24. The quantitative estimate of drug-likeness (QED) is 0.288. The molecule has 4 aromatic rings. The molecule has 0 bridgehead atoms. The Balaban J connectivity index is 1.40. The van der Waals surface area contributed by atoms with Gasteiger partial charge in [-0.25, -0.2) is 13.4 Å². The van der Waals surface area contributed by atoms with Crippen LogP contribution >= 0.6 is 22.7 Å². The summed E-state index contributed by atoms with van der Waals surface area (Å²) in [6, 6.07) is 11.0. The van der Waals surface area contributed by atoms with Gasteiger partial charge in [0, 0.05) is 35.7 Å². The van der Waals surface area contributed by atoms with Gasteiger partial charge in [0.05, 0.1) is 16.9 Å². The molecule has 1 fully saturated rings. The molecule has 0 radical (unpaired) electrons. The molecule has 1 aliphatic heterocycles. The van der Waals surface area contributed by atoms with Crippen molar-refractivity contribution in [3.8, 4) is 10.7 Å². The second kappa shape index (κ2) is 10.6. The lowest BCUT2D eigenvalue weighted by atomic mass is 9.94. The van der Waals surface area contributed by atoms with Crippen molar-refractivity contribution in [1.82, 2.24) is 14.9 Å². The predicted octanol–water partition coefficient (Wildman–Crippen LogP) is 5.55. The summed E-state index contributed by atoms with van der Waals surface area (Å²) in [5, 5.41) is 12.8. The zero-order valence-electron chi connectivity index (χ0n) is 20.6. The number of para-hydroxylation sites is 1. The first kappa shape index (κ1) is 25.4. The first-order valence-electron chi connectivity index (χ1n) is 12.3. The number of aliphatic hydroxyl groups is 1. The number of benzene rings is 1. The first-order valence-corrected chi connectivity index (χ1v) is 15.5. The van der Waals surface area contributed by atoms with Gasteiger partial charge >= 0.3 is 0 Å². The Labute approximate surface area is 220 Å². The molecule has 192 valence electrons. The molecule has 5 rings (SSSR count). The van der Waals surface area contributed by atoms with Crippen molar-refractivity contribution in [2.24, 2.45) is 5.92 Å². The maximum absolute atomic E-state index is 13.5. The summed E-state index contributed by atoms with van der Waals surface area (Å²) in [4.78, 5) is 11.8. The van der Waals surface area contributed by atoms with Gasteiger partial charge in [0.2, 0.25) is 0 Å². The highest BCUT2D eigenvalue weighted by molar-refractivity contribution is 7.94. The molecule has 0 atom stereocenters. The van der Waals surface area contributed by atoms with Crippen LogP contribution in [-0.2, 0) is 16.6 Å². The molecule has 4 heterocycles. The van der Waals surface area contributed by atoms with E-state index in [1.165, 1.54) is 20.5 Å². The average Bonchev–Trinajstić information content (AvgIpc) is 3.61. The van der Waals surface area contributed by atoms with E-state index in [0.717, 1.165) is 60.5 Å². The van der Waals surface area contributed by atoms with Crippen molar-refractivity contribution in [2.45, 2.75) is 49.9 Å². The van der Waals surface area contributed by atoms with Gasteiger partial charge in [-0.15, -0.1) is 22.7 Å². The van der Waals surface area contributed by atoms with Crippen LogP contribution in [0.1, 0.15) is 38.0 Å². The number of thiophene rings is 1. The van der Waals surface area contributed by atoms with Crippen LogP contribution in [0.3, 0.4) is 0 Å². The summed E-state index contributed by atoms with van der Waals surface area (Å²) in [7, 11) is -3.68. The molecule has 36 heavy (non-hydrogen) atoms. The zero-order chi connectivity index (χ0) is 25.3. The van der Waals surface area contributed by atoms with Crippen LogP contribution in [0, 0.1) is 5.92 Å². The zero-order valence-corrected chi connectivity index (χ0v) is 23.0. The van der Waals surface area contributed by atoms with Gasteiger partial charge in [0.15, 0.2) is 0 Å². The van der Waals surface area contributed by atoms with Crippen molar-refractivity contribution in [3.05, 3.63) is 52.9 Å². The Morgan fingerprint density at radius 2 is 2.03 bits per heavy atom. The number of hydrogen-bond acceptors (Lipinski definition) is 7. The van der Waals surface area contributed by atoms with E-state index in [-0.39, 0.29) is 12.6 Å². The molecule has 1 aromatic carbocycles. The molecule has 3 aromatic heterocycles. The lowest BCUT2D eigenvalue weighted by molar-refractivity contribution is 0.154. The van der Waals surface area contributed by atoms with Crippen LogP contribution < -0.4 is 4.31 Å². The van der Waals surface area contributed by atoms with E-state index >= 15 is 0 Å². The first-order chi connectivity index (χ1) is 17.4. The van der Waals surface area contributed by atoms with Gasteiger partial charge < -0.3 is 10.1 Å². The molecule has 0 aliphatic carbocycles. The van der Waals surface area contributed by atoms with E-state index in [0.29, 0.717) is 15.8 Å². The number of thiazole rings is 1. The standard InChI is InChI=1S/C26H32N4O3S3/c1-18(2)30(36(32,33)24-7-4-14-34-24)23-6-3-5-20-15-22(28-25(20)23)26-27-16-21(35-26)17-29-11-8-19(9-12-29)10-13-31/h3-7,14-16,18-19,28,31H,8-13,17H2,1-2H3. The van der Waals surface area contributed by atoms with Crippen LogP contribution in [0.2, 0.25) is 0 Å². The topological polar surface area (TPSA) is 89.5 Å². The van der Waals surface area contributed by atoms with Gasteiger partial charge in [-0.2, -0.15) is 0 Å². The molecule has 7 nitrogen and oxygen atoms in total. The normalized spacial score (nSPS) is 15.8. The fraction of sp³-hybridized carbons (Fsp3) is 0.423. The minimum absolute atomic E-state index is 0.248. The summed E-state index contributed by atoms with van der Waals surface area (Å²) < 4.78 is 28.8. The minimum atomic E-state index is -3.68. The third kappa shape index (κ3) is 5.10. The molecule has 1 aliphatic rings. The largest absolute Gasteiger partial charge is 0.396 e. The van der Waals surface area contributed by atoms with E-state index in [1.54, 1.807) is 28.8 Å². The van der Waals surface area contributed by atoms with Gasteiger partial charge in [0.25, 0.3) is 10.0 Å². The van der Waals surface area contributed by atoms with Gasteiger partial charge in [-0.05, 0) is 75.7 Å². The van der Waals surface area contributed by atoms with Crippen LogP contribution in [-0.4, -0.2) is 54.1 Å². The maximum Gasteiger partial charge on any atom is 0.274 e. The highest BCUT2D eigenvalue weighted by Gasteiger charge is 2.30. The summed E-state index contributed by atoms with van der Waals surface area (Å²) in [5.74, 6) is 0.637. The number of rotatable bonds is 9. The summed E-state index contributed by atoms with van der Waals surface area (Å²) in [6.45, 7) is 7.06. The van der Waals surface area contributed by atoms with E-state index in [4.69, 9.17) is 0 Å². The molecule has 0 spiro atoms. The van der Waals surface area contributed by atoms with Crippen molar-refractivity contribution in [3.63, 3.8) is 0 Å². The number of likely N-dealkylation sites (tertiary alicyclic amines) is 1. The number of sulfonamides is 1. The molecular formula is C26H32N4O3S3. The number of hydrogen-bond donors (Lipinski definition) is 2. The third-order valence-corrected chi connectivity index (χ3v) is 11.1. The van der Waals surface area contributed by atoms with E-state index in [2.05, 4.69) is 20.9 Å². The van der Waals surface area contributed by atoms with Crippen molar-refractivity contribution >= 4 is 49.3 Å². The molecule has 10 heteroatoms. The average molecular weight is 545 g/mol. The van der Waals surface area contributed by atoms with Crippen LogP contribution in [0.15, 0.2) is 52.2 Å². The summed E-state index contributed by atoms with van der Waals surface area (Å²) in [6.07, 6.45) is 5.13. The number of nitrogens with one attached hydrogen (secondary N) is 1. The second-order valence-electron chi connectivity index (χ2n) is 9.61. The number of aromatic amines is 1. The molecule has 0 amide bonds. The Morgan fingerprint density at radius 3 is 2.72 bits per heavy atom. The van der Waals surface area contributed by atoms with Gasteiger partial charge in [-0.3, -0.25) is 9.21 Å². The fourth-order valence-corrected chi connectivity index (χ4v) is 8.65. The van der Waals surface area contributed by atoms with Crippen molar-refractivity contribution < 1.29 is 13.5 Å². The second-order valence-corrected chi connectivity index (χ2v) is 13.7. The van der Waals surface area contributed by atoms with Crippen LogP contribution in [0.4, 0.5) is 5.69 Å².